The largest absolute Gasteiger partial charge is 0.393 e. The number of hydrogen-bond acceptors (Lipinski definition) is 2. The first-order valence-corrected chi connectivity index (χ1v) is 12.6. The zero-order chi connectivity index (χ0) is 26.4. The van der Waals surface area contributed by atoms with Gasteiger partial charge in [-0.25, -0.2) is 4.39 Å². The Morgan fingerprint density at radius 2 is 1.61 bits per heavy atom. The van der Waals surface area contributed by atoms with Crippen molar-refractivity contribution < 1.29 is 15.7 Å². The number of hydrogen-bond donors (Lipinski definition) is 2. The molecule has 38 heavy (non-hydrogen) atoms. The number of rotatable bonds is 10. The average molecular weight is 515 g/mol. The van der Waals surface area contributed by atoms with Crippen molar-refractivity contribution in [2.45, 2.75) is 52.7 Å². The second-order valence-electron chi connectivity index (χ2n) is 9.45. The molecule has 2 N–H and O–H groups in total. The van der Waals surface area contributed by atoms with E-state index in [-0.39, 0.29) is 26.5 Å². The van der Waals surface area contributed by atoms with Crippen molar-refractivity contribution >= 4 is 11.6 Å². The Bertz CT molecular complexity index is 1350. The topological polar surface area (TPSA) is 54.3 Å². The maximum atomic E-state index is 14.0. The maximum absolute atomic E-state index is 14.0. The number of aliphatic hydroxyl groups is 1. The molecule has 0 radical (unpaired) electrons. The van der Waals surface area contributed by atoms with Crippen molar-refractivity contribution in [3.05, 3.63) is 115 Å². The number of aromatic nitrogens is 1. The van der Waals surface area contributed by atoms with Gasteiger partial charge in [-0.2, -0.15) is 0 Å². The maximum Gasteiger partial charge on any atom is 0.258 e. The summed E-state index contributed by atoms with van der Waals surface area (Å²) in [6.07, 6.45) is 2.13. The Labute approximate surface area is 227 Å². The van der Waals surface area contributed by atoms with Crippen LogP contribution in [0.2, 0.25) is 0 Å². The van der Waals surface area contributed by atoms with Gasteiger partial charge in [-0.1, -0.05) is 75.9 Å². The van der Waals surface area contributed by atoms with Crippen LogP contribution in [0.3, 0.4) is 0 Å². The summed E-state index contributed by atoms with van der Waals surface area (Å²) >= 11 is 0. The van der Waals surface area contributed by atoms with Crippen LogP contribution in [0.4, 0.5) is 10.1 Å². The summed E-state index contributed by atoms with van der Waals surface area (Å²) in [5.74, 6) is -0.525. The van der Waals surface area contributed by atoms with Crippen molar-refractivity contribution in [3.8, 4) is 22.4 Å². The van der Waals surface area contributed by atoms with Gasteiger partial charge in [0.05, 0.1) is 17.4 Å². The van der Waals surface area contributed by atoms with Crippen molar-refractivity contribution in [2.24, 2.45) is 0 Å². The minimum absolute atomic E-state index is 0. The molecule has 0 unspecified atom stereocenters. The third kappa shape index (κ3) is 6.29. The van der Waals surface area contributed by atoms with Crippen LogP contribution in [0.1, 0.15) is 57.5 Å². The van der Waals surface area contributed by atoms with Crippen LogP contribution in [0.25, 0.3) is 22.4 Å². The van der Waals surface area contributed by atoms with E-state index in [1.807, 2.05) is 60.7 Å². The molecule has 0 bridgehead atoms. The molecule has 5 heteroatoms. The van der Waals surface area contributed by atoms with Gasteiger partial charge in [-0.15, -0.1) is 6.58 Å². The number of carbonyl (C=O) groups excluding carboxylic acids is 1. The predicted molar refractivity (Wildman–Crippen MR) is 158 cm³/mol. The minimum atomic E-state index is -0.553. The van der Waals surface area contributed by atoms with Gasteiger partial charge in [-0.3, -0.25) is 4.79 Å². The Morgan fingerprint density at radius 3 is 2.18 bits per heavy atom. The molecule has 0 aliphatic carbocycles. The molecule has 0 aliphatic rings. The quantitative estimate of drug-likeness (QED) is 0.208. The molecule has 0 saturated heterocycles. The van der Waals surface area contributed by atoms with Crippen LogP contribution >= 0.6 is 0 Å². The third-order valence-corrected chi connectivity index (χ3v) is 6.41. The minimum Gasteiger partial charge on any atom is -0.393 e. The first kappa shape index (κ1) is 28.6. The van der Waals surface area contributed by atoms with Gasteiger partial charge in [0.15, 0.2) is 0 Å². The third-order valence-electron chi connectivity index (χ3n) is 6.41. The second-order valence-corrected chi connectivity index (χ2v) is 9.45. The molecule has 200 valence electrons. The lowest BCUT2D eigenvalue weighted by molar-refractivity contribution is 0.102. The lowest BCUT2D eigenvalue weighted by Gasteiger charge is -2.19. The summed E-state index contributed by atoms with van der Waals surface area (Å²) in [5.41, 5.74) is 5.49. The molecule has 1 aromatic heterocycles. The summed E-state index contributed by atoms with van der Waals surface area (Å²) in [7, 11) is 0. The number of carbonyl (C=O) groups is 1. The lowest BCUT2D eigenvalue weighted by atomic mass is 9.94. The van der Waals surface area contributed by atoms with Crippen molar-refractivity contribution in [1.82, 2.24) is 4.57 Å². The molecule has 0 fully saturated rings. The van der Waals surface area contributed by atoms with Crippen LogP contribution in [-0.4, -0.2) is 21.7 Å². The normalized spacial score (nSPS) is 11.6. The van der Waals surface area contributed by atoms with Gasteiger partial charge in [0, 0.05) is 24.9 Å². The molecule has 3 aromatic carbocycles. The molecule has 0 spiro atoms. The average Bonchev–Trinajstić information content (AvgIpc) is 3.25. The fourth-order valence-electron chi connectivity index (χ4n) is 4.80. The Balaban J connectivity index is 0.00000267. The first-order chi connectivity index (χ1) is 17.9. The molecule has 1 amide bonds. The van der Waals surface area contributed by atoms with Crippen molar-refractivity contribution in [1.29, 1.82) is 0 Å². The number of nitrogens with zero attached hydrogens (tertiary/aromatic N) is 1. The molecule has 4 nitrogen and oxygen atoms in total. The van der Waals surface area contributed by atoms with Crippen LogP contribution in [-0.2, 0) is 6.54 Å². The van der Waals surface area contributed by atoms with Gasteiger partial charge in [0.2, 0.25) is 0 Å². The van der Waals surface area contributed by atoms with E-state index in [0.29, 0.717) is 30.6 Å². The number of para-hydroxylation sites is 1. The molecule has 4 rings (SSSR count). The van der Waals surface area contributed by atoms with Gasteiger partial charge in [0.1, 0.15) is 5.82 Å². The molecular weight excluding hydrogens is 475 g/mol. The van der Waals surface area contributed by atoms with Gasteiger partial charge in [-0.05, 0) is 66.3 Å². The summed E-state index contributed by atoms with van der Waals surface area (Å²) in [5, 5.41) is 13.6. The molecular formula is C33H39FN2O2. The van der Waals surface area contributed by atoms with Gasteiger partial charge >= 0.3 is 0 Å². The summed E-state index contributed by atoms with van der Waals surface area (Å²) in [6.45, 7) is 8.36. The van der Waals surface area contributed by atoms with Crippen LogP contribution in [0.15, 0.2) is 97.6 Å². The number of benzene rings is 3. The highest BCUT2D eigenvalue weighted by Gasteiger charge is 2.30. The van der Waals surface area contributed by atoms with Crippen LogP contribution in [0.5, 0.6) is 0 Å². The summed E-state index contributed by atoms with van der Waals surface area (Å²) < 4.78 is 16.1. The lowest BCUT2D eigenvalue weighted by Crippen LogP contribution is -2.17. The monoisotopic (exact) mass is 514 g/mol. The van der Waals surface area contributed by atoms with E-state index in [9.17, 15) is 14.3 Å². The van der Waals surface area contributed by atoms with Crippen LogP contribution in [0, 0.1) is 5.82 Å². The summed E-state index contributed by atoms with van der Waals surface area (Å²) in [6, 6.07) is 25.6. The van der Waals surface area contributed by atoms with E-state index < -0.39 is 6.10 Å². The molecule has 1 heterocycles. The van der Waals surface area contributed by atoms with E-state index in [1.165, 1.54) is 12.1 Å². The van der Waals surface area contributed by atoms with Crippen molar-refractivity contribution in [2.75, 3.05) is 5.32 Å². The van der Waals surface area contributed by atoms with Gasteiger partial charge in [0.25, 0.3) is 5.91 Å². The fraction of sp³-hybridized carbons (Fsp3) is 0.242. The number of amides is 1. The van der Waals surface area contributed by atoms with E-state index >= 15 is 0 Å². The fourth-order valence-corrected chi connectivity index (χ4v) is 4.80. The van der Waals surface area contributed by atoms with E-state index in [4.69, 9.17) is 0 Å². The SMILES string of the molecule is C.C=CC[C@@H](O)CCn1c(-c2ccc(F)cc2)c(-c2ccccc2)c(C(=O)Nc2ccccc2)c1C(C)C.[HH]. The number of halogens is 1. The highest BCUT2D eigenvalue weighted by Crippen LogP contribution is 2.42. The van der Waals surface area contributed by atoms with E-state index in [1.54, 1.807) is 18.2 Å². The summed E-state index contributed by atoms with van der Waals surface area (Å²) in [4.78, 5) is 14.0. The van der Waals surface area contributed by atoms with Crippen molar-refractivity contribution in [3.63, 3.8) is 0 Å². The number of anilines is 1. The Kier molecular flexibility index (Phi) is 9.80. The first-order valence-electron chi connectivity index (χ1n) is 12.6. The van der Waals surface area contributed by atoms with E-state index in [0.717, 1.165) is 28.1 Å². The zero-order valence-corrected chi connectivity index (χ0v) is 21.3. The highest BCUT2D eigenvalue weighted by molar-refractivity contribution is 6.12. The molecule has 0 aliphatic heterocycles. The number of aliphatic hydroxyl groups excluding tert-OH is 1. The smallest absolute Gasteiger partial charge is 0.258 e. The molecule has 0 saturated carbocycles. The number of nitrogens with one attached hydrogen (secondary N) is 1. The van der Waals surface area contributed by atoms with Crippen LogP contribution < -0.4 is 5.32 Å². The van der Waals surface area contributed by atoms with Gasteiger partial charge < -0.3 is 15.0 Å². The Hall–Kier alpha value is -3.96. The standard InChI is InChI=1S/C32H33FN2O2.CH4.H2/c1-4-11-27(36)20-21-35-30(22(2)3)29(32(37)34-26-14-9-6-10-15-26)28(23-12-7-5-8-13-23)31(35)24-16-18-25(33)19-17-24;;/h4-10,12-19,22,27,36H,1,11,20-21H2,2-3H3,(H,34,37);1H4;1H/t27-;;/m1../s1. The predicted octanol–water partition coefficient (Wildman–Crippen LogP) is 8.55. The van der Waals surface area contributed by atoms with E-state index in [2.05, 4.69) is 30.3 Å². The Morgan fingerprint density at radius 1 is 1.00 bits per heavy atom. The molecule has 4 aromatic rings. The molecule has 1 atom stereocenters. The zero-order valence-electron chi connectivity index (χ0n) is 21.3. The highest BCUT2D eigenvalue weighted by atomic mass is 19.1. The second kappa shape index (κ2) is 13.0.